The van der Waals surface area contributed by atoms with Gasteiger partial charge in [0.15, 0.2) is 0 Å². The van der Waals surface area contributed by atoms with Crippen LogP contribution in [0.25, 0.3) is 0 Å². The van der Waals surface area contributed by atoms with Crippen LogP contribution in [0.1, 0.15) is 12.5 Å². The standard InChI is InChI=1S/C13H20BrNO2/c1-10-4-5-13(12(14)8-10)17-7-6-15-11(2)9-16-3/h4-5,8,11,15H,6-7,9H2,1-3H3. The number of ether oxygens (including phenoxy) is 2. The predicted molar refractivity (Wildman–Crippen MR) is 73.7 cm³/mol. The van der Waals surface area contributed by atoms with E-state index in [1.807, 2.05) is 12.1 Å². The maximum absolute atomic E-state index is 5.67. The molecule has 1 aromatic carbocycles. The van der Waals surface area contributed by atoms with Crippen molar-refractivity contribution in [2.75, 3.05) is 26.9 Å². The van der Waals surface area contributed by atoms with E-state index in [4.69, 9.17) is 9.47 Å². The van der Waals surface area contributed by atoms with E-state index in [2.05, 4.69) is 41.2 Å². The van der Waals surface area contributed by atoms with Crippen LogP contribution in [-0.2, 0) is 4.74 Å². The molecule has 0 aliphatic heterocycles. The van der Waals surface area contributed by atoms with Gasteiger partial charge in [-0.1, -0.05) is 6.07 Å². The van der Waals surface area contributed by atoms with Gasteiger partial charge >= 0.3 is 0 Å². The van der Waals surface area contributed by atoms with Crippen molar-refractivity contribution in [3.8, 4) is 5.75 Å². The number of rotatable bonds is 7. The van der Waals surface area contributed by atoms with Crippen LogP contribution < -0.4 is 10.1 Å². The minimum Gasteiger partial charge on any atom is -0.491 e. The number of hydrogen-bond acceptors (Lipinski definition) is 3. The quantitative estimate of drug-likeness (QED) is 0.786. The number of nitrogens with one attached hydrogen (secondary N) is 1. The molecule has 3 nitrogen and oxygen atoms in total. The summed E-state index contributed by atoms with van der Waals surface area (Å²) in [6.45, 7) is 6.32. The van der Waals surface area contributed by atoms with Gasteiger partial charge in [-0.2, -0.15) is 0 Å². The fraction of sp³-hybridized carbons (Fsp3) is 0.538. The van der Waals surface area contributed by atoms with Crippen LogP contribution in [0.15, 0.2) is 22.7 Å². The molecule has 0 radical (unpaired) electrons. The van der Waals surface area contributed by atoms with E-state index in [9.17, 15) is 0 Å². The topological polar surface area (TPSA) is 30.5 Å². The lowest BCUT2D eigenvalue weighted by Crippen LogP contribution is -2.33. The third kappa shape index (κ3) is 5.52. The molecule has 0 aromatic heterocycles. The summed E-state index contributed by atoms with van der Waals surface area (Å²) in [7, 11) is 1.71. The zero-order valence-electron chi connectivity index (χ0n) is 10.6. The van der Waals surface area contributed by atoms with Crippen molar-refractivity contribution in [3.63, 3.8) is 0 Å². The number of hydrogen-bond donors (Lipinski definition) is 1. The van der Waals surface area contributed by atoms with Gasteiger partial charge in [0.1, 0.15) is 12.4 Å². The second kappa shape index (κ2) is 7.69. The van der Waals surface area contributed by atoms with E-state index < -0.39 is 0 Å². The summed E-state index contributed by atoms with van der Waals surface area (Å²) in [6.07, 6.45) is 0. The SMILES string of the molecule is COCC(C)NCCOc1ccc(C)cc1Br. The largest absolute Gasteiger partial charge is 0.491 e. The van der Waals surface area contributed by atoms with Crippen LogP contribution >= 0.6 is 15.9 Å². The van der Waals surface area contributed by atoms with E-state index >= 15 is 0 Å². The van der Waals surface area contributed by atoms with Gasteiger partial charge in [0.2, 0.25) is 0 Å². The first-order chi connectivity index (χ1) is 8.13. The molecular weight excluding hydrogens is 282 g/mol. The van der Waals surface area contributed by atoms with Crippen molar-refractivity contribution >= 4 is 15.9 Å². The zero-order valence-corrected chi connectivity index (χ0v) is 12.2. The molecule has 1 aromatic rings. The van der Waals surface area contributed by atoms with Crippen molar-refractivity contribution in [2.45, 2.75) is 19.9 Å². The summed E-state index contributed by atoms with van der Waals surface area (Å²) in [5.41, 5.74) is 1.22. The molecule has 0 aliphatic rings. The first-order valence-electron chi connectivity index (χ1n) is 5.74. The van der Waals surface area contributed by atoms with Crippen molar-refractivity contribution in [2.24, 2.45) is 0 Å². The summed E-state index contributed by atoms with van der Waals surface area (Å²) in [5, 5.41) is 3.32. The Morgan fingerprint density at radius 3 is 2.82 bits per heavy atom. The Balaban J connectivity index is 2.26. The molecule has 0 saturated carbocycles. The first-order valence-corrected chi connectivity index (χ1v) is 6.54. The van der Waals surface area contributed by atoms with Gasteiger partial charge in [-0.25, -0.2) is 0 Å². The molecule has 0 saturated heterocycles. The van der Waals surface area contributed by atoms with E-state index in [1.54, 1.807) is 7.11 Å². The predicted octanol–water partition coefficient (Wildman–Crippen LogP) is 2.76. The second-order valence-electron chi connectivity index (χ2n) is 4.09. The Morgan fingerprint density at radius 1 is 1.41 bits per heavy atom. The summed E-state index contributed by atoms with van der Waals surface area (Å²) < 4.78 is 11.7. The molecule has 1 rings (SSSR count). The molecule has 0 aliphatic carbocycles. The maximum atomic E-state index is 5.67. The highest BCUT2D eigenvalue weighted by atomic mass is 79.9. The summed E-state index contributed by atoms with van der Waals surface area (Å²) in [5.74, 6) is 0.886. The van der Waals surface area contributed by atoms with Gasteiger partial charge in [-0.15, -0.1) is 0 Å². The van der Waals surface area contributed by atoms with Crippen LogP contribution in [0.5, 0.6) is 5.75 Å². The van der Waals surface area contributed by atoms with Crippen molar-refractivity contribution in [3.05, 3.63) is 28.2 Å². The zero-order chi connectivity index (χ0) is 12.7. The van der Waals surface area contributed by atoms with Crippen LogP contribution in [0.4, 0.5) is 0 Å². The van der Waals surface area contributed by atoms with E-state index in [1.165, 1.54) is 5.56 Å². The Bertz CT molecular complexity index is 344. The number of methoxy groups -OCH3 is 1. The number of aryl methyl sites for hydroxylation is 1. The van der Waals surface area contributed by atoms with Gasteiger partial charge in [-0.05, 0) is 47.5 Å². The van der Waals surface area contributed by atoms with Crippen molar-refractivity contribution in [1.82, 2.24) is 5.32 Å². The average Bonchev–Trinajstić information content (AvgIpc) is 2.27. The average molecular weight is 302 g/mol. The fourth-order valence-electron chi connectivity index (χ4n) is 1.50. The molecule has 4 heteroatoms. The van der Waals surface area contributed by atoms with E-state index in [0.717, 1.165) is 16.8 Å². The molecule has 1 unspecified atom stereocenters. The monoisotopic (exact) mass is 301 g/mol. The van der Waals surface area contributed by atoms with E-state index in [0.29, 0.717) is 19.3 Å². The van der Waals surface area contributed by atoms with Crippen molar-refractivity contribution < 1.29 is 9.47 Å². The highest BCUT2D eigenvalue weighted by Gasteiger charge is 2.02. The molecule has 0 heterocycles. The lowest BCUT2D eigenvalue weighted by Gasteiger charge is -2.13. The minimum atomic E-state index is 0.352. The molecular formula is C13H20BrNO2. The highest BCUT2D eigenvalue weighted by Crippen LogP contribution is 2.25. The molecule has 1 N–H and O–H groups in total. The highest BCUT2D eigenvalue weighted by molar-refractivity contribution is 9.10. The second-order valence-corrected chi connectivity index (χ2v) is 4.95. The summed E-state index contributed by atoms with van der Waals surface area (Å²) in [6, 6.07) is 6.43. The van der Waals surface area contributed by atoms with Gasteiger partial charge in [0.05, 0.1) is 11.1 Å². The van der Waals surface area contributed by atoms with Gasteiger partial charge in [0.25, 0.3) is 0 Å². The molecule has 17 heavy (non-hydrogen) atoms. The molecule has 1 atom stereocenters. The Kier molecular flexibility index (Phi) is 6.55. The van der Waals surface area contributed by atoms with Crippen LogP contribution in [0, 0.1) is 6.92 Å². The lowest BCUT2D eigenvalue weighted by molar-refractivity contribution is 0.169. The van der Waals surface area contributed by atoms with Crippen LogP contribution in [0.2, 0.25) is 0 Å². The molecule has 0 fully saturated rings. The third-order valence-corrected chi connectivity index (χ3v) is 2.98. The van der Waals surface area contributed by atoms with Crippen LogP contribution in [-0.4, -0.2) is 32.9 Å². The number of halogens is 1. The van der Waals surface area contributed by atoms with Crippen molar-refractivity contribution in [1.29, 1.82) is 0 Å². The van der Waals surface area contributed by atoms with Gasteiger partial charge in [-0.3, -0.25) is 0 Å². The molecule has 96 valence electrons. The molecule has 0 spiro atoms. The third-order valence-electron chi connectivity index (χ3n) is 2.36. The smallest absolute Gasteiger partial charge is 0.133 e. The van der Waals surface area contributed by atoms with Gasteiger partial charge in [0, 0.05) is 19.7 Å². The number of benzene rings is 1. The van der Waals surface area contributed by atoms with E-state index in [-0.39, 0.29) is 0 Å². The lowest BCUT2D eigenvalue weighted by atomic mass is 10.2. The minimum absolute atomic E-state index is 0.352. The normalized spacial score (nSPS) is 12.5. The molecule has 0 bridgehead atoms. The summed E-state index contributed by atoms with van der Waals surface area (Å²) in [4.78, 5) is 0. The van der Waals surface area contributed by atoms with Crippen LogP contribution in [0.3, 0.4) is 0 Å². The fourth-order valence-corrected chi connectivity index (χ4v) is 2.11. The summed E-state index contributed by atoms with van der Waals surface area (Å²) >= 11 is 3.49. The first kappa shape index (κ1) is 14.5. The van der Waals surface area contributed by atoms with Gasteiger partial charge < -0.3 is 14.8 Å². The Labute approximate surface area is 112 Å². The molecule has 0 amide bonds. The Morgan fingerprint density at radius 2 is 2.18 bits per heavy atom. The maximum Gasteiger partial charge on any atom is 0.133 e. The Hall–Kier alpha value is -0.580.